The SMILES string of the molecule is Cc1nc([C@@H](C)NC(=O)c2cn3cccnc3n2)c(C)s1. The van der Waals surface area contributed by atoms with Crippen LogP contribution in [0.25, 0.3) is 5.78 Å². The smallest absolute Gasteiger partial charge is 0.272 e. The van der Waals surface area contributed by atoms with Crippen molar-refractivity contribution in [3.8, 4) is 0 Å². The van der Waals surface area contributed by atoms with Crippen molar-refractivity contribution in [2.75, 3.05) is 0 Å². The van der Waals surface area contributed by atoms with Crippen LogP contribution < -0.4 is 5.32 Å². The van der Waals surface area contributed by atoms with E-state index in [1.54, 1.807) is 34.2 Å². The molecule has 3 aromatic rings. The van der Waals surface area contributed by atoms with Crippen molar-refractivity contribution in [3.63, 3.8) is 0 Å². The minimum atomic E-state index is -0.224. The average Bonchev–Trinajstić information content (AvgIpc) is 3.01. The molecule has 0 radical (unpaired) electrons. The second-order valence-corrected chi connectivity index (χ2v) is 6.23. The first-order chi connectivity index (χ1) is 10.0. The normalized spacial score (nSPS) is 12.5. The highest BCUT2D eigenvalue weighted by Gasteiger charge is 2.18. The minimum absolute atomic E-state index is 0.153. The summed E-state index contributed by atoms with van der Waals surface area (Å²) in [6.07, 6.45) is 5.13. The van der Waals surface area contributed by atoms with Crippen molar-refractivity contribution in [3.05, 3.63) is 45.9 Å². The molecule has 0 saturated carbocycles. The molecular formula is C14H15N5OS. The third kappa shape index (κ3) is 2.64. The number of nitrogens with zero attached hydrogens (tertiary/aromatic N) is 4. The summed E-state index contributed by atoms with van der Waals surface area (Å²) in [5, 5.41) is 3.93. The van der Waals surface area contributed by atoms with Gasteiger partial charge in [0.15, 0.2) is 0 Å². The Labute approximate surface area is 125 Å². The predicted molar refractivity (Wildman–Crippen MR) is 80.5 cm³/mol. The van der Waals surface area contributed by atoms with Crippen LogP contribution in [0.4, 0.5) is 0 Å². The van der Waals surface area contributed by atoms with Crippen LogP contribution in [0.1, 0.15) is 39.0 Å². The number of amides is 1. The van der Waals surface area contributed by atoms with Gasteiger partial charge in [-0.3, -0.25) is 9.20 Å². The summed E-state index contributed by atoms with van der Waals surface area (Å²) < 4.78 is 1.72. The number of imidazole rings is 1. The number of fused-ring (bicyclic) bond motifs is 1. The van der Waals surface area contributed by atoms with Crippen LogP contribution in [0, 0.1) is 13.8 Å². The Balaban J connectivity index is 1.81. The summed E-state index contributed by atoms with van der Waals surface area (Å²) in [4.78, 5) is 26.2. The zero-order chi connectivity index (χ0) is 15.0. The van der Waals surface area contributed by atoms with E-state index in [0.717, 1.165) is 15.6 Å². The van der Waals surface area contributed by atoms with E-state index >= 15 is 0 Å². The number of carbonyl (C=O) groups excluding carboxylic acids is 1. The number of carbonyl (C=O) groups is 1. The van der Waals surface area contributed by atoms with Gasteiger partial charge in [0, 0.05) is 23.5 Å². The Morgan fingerprint density at radius 2 is 2.19 bits per heavy atom. The molecule has 0 aliphatic carbocycles. The van der Waals surface area contributed by atoms with Crippen molar-refractivity contribution >= 4 is 23.0 Å². The Hall–Kier alpha value is -2.28. The van der Waals surface area contributed by atoms with Gasteiger partial charge < -0.3 is 5.32 Å². The van der Waals surface area contributed by atoms with Gasteiger partial charge in [0.25, 0.3) is 5.91 Å². The van der Waals surface area contributed by atoms with Crippen LogP contribution >= 0.6 is 11.3 Å². The lowest BCUT2D eigenvalue weighted by Gasteiger charge is -2.11. The van der Waals surface area contributed by atoms with Crippen molar-refractivity contribution < 1.29 is 4.79 Å². The number of hydrogen-bond donors (Lipinski definition) is 1. The first kappa shape index (κ1) is 13.7. The maximum absolute atomic E-state index is 12.3. The summed E-state index contributed by atoms with van der Waals surface area (Å²) >= 11 is 1.63. The predicted octanol–water partition coefficient (Wildman–Crippen LogP) is 2.29. The van der Waals surface area contributed by atoms with Crippen LogP contribution in [0.3, 0.4) is 0 Å². The van der Waals surface area contributed by atoms with Gasteiger partial charge in [-0.1, -0.05) is 0 Å². The van der Waals surface area contributed by atoms with Gasteiger partial charge in [0.2, 0.25) is 5.78 Å². The quantitative estimate of drug-likeness (QED) is 0.805. The first-order valence-electron chi connectivity index (χ1n) is 6.59. The second kappa shape index (κ2) is 5.25. The van der Waals surface area contributed by atoms with E-state index in [2.05, 4.69) is 20.3 Å². The molecule has 1 atom stereocenters. The average molecular weight is 301 g/mol. The molecule has 0 aliphatic heterocycles. The van der Waals surface area contributed by atoms with E-state index in [1.807, 2.05) is 27.0 Å². The highest BCUT2D eigenvalue weighted by molar-refractivity contribution is 7.11. The number of hydrogen-bond acceptors (Lipinski definition) is 5. The van der Waals surface area contributed by atoms with Crippen LogP contribution in [0.5, 0.6) is 0 Å². The van der Waals surface area contributed by atoms with Crippen molar-refractivity contribution in [2.24, 2.45) is 0 Å². The summed E-state index contributed by atoms with van der Waals surface area (Å²) in [6.45, 7) is 5.90. The summed E-state index contributed by atoms with van der Waals surface area (Å²) in [5.41, 5.74) is 1.26. The fraction of sp³-hybridized carbons (Fsp3) is 0.286. The van der Waals surface area contributed by atoms with E-state index in [9.17, 15) is 4.79 Å². The zero-order valence-electron chi connectivity index (χ0n) is 12.0. The van der Waals surface area contributed by atoms with Gasteiger partial charge >= 0.3 is 0 Å². The largest absolute Gasteiger partial charge is 0.343 e. The third-order valence-corrected chi connectivity index (χ3v) is 4.07. The lowest BCUT2D eigenvalue weighted by molar-refractivity contribution is 0.0934. The molecule has 1 amide bonds. The minimum Gasteiger partial charge on any atom is -0.343 e. The van der Waals surface area contributed by atoms with E-state index < -0.39 is 0 Å². The van der Waals surface area contributed by atoms with Crippen LogP contribution in [-0.2, 0) is 0 Å². The topological polar surface area (TPSA) is 72.2 Å². The molecule has 21 heavy (non-hydrogen) atoms. The number of rotatable bonds is 3. The number of aryl methyl sites for hydroxylation is 2. The first-order valence-corrected chi connectivity index (χ1v) is 7.41. The molecular weight excluding hydrogens is 286 g/mol. The molecule has 0 fully saturated rings. The van der Waals surface area contributed by atoms with Gasteiger partial charge in [0.1, 0.15) is 5.69 Å². The Morgan fingerprint density at radius 1 is 1.38 bits per heavy atom. The number of aromatic nitrogens is 4. The number of thiazole rings is 1. The maximum Gasteiger partial charge on any atom is 0.272 e. The summed E-state index contributed by atoms with van der Waals surface area (Å²) in [5.74, 6) is 0.286. The van der Waals surface area contributed by atoms with E-state index in [1.165, 1.54) is 0 Å². The molecule has 0 saturated heterocycles. The van der Waals surface area contributed by atoms with Crippen LogP contribution in [0.15, 0.2) is 24.7 Å². The molecule has 6 nitrogen and oxygen atoms in total. The van der Waals surface area contributed by atoms with E-state index in [-0.39, 0.29) is 11.9 Å². The van der Waals surface area contributed by atoms with Gasteiger partial charge in [0.05, 0.1) is 16.7 Å². The summed E-state index contributed by atoms with van der Waals surface area (Å²) in [6, 6.07) is 1.64. The molecule has 1 N–H and O–H groups in total. The third-order valence-electron chi connectivity index (χ3n) is 3.17. The molecule has 0 aromatic carbocycles. The van der Waals surface area contributed by atoms with Crippen molar-refractivity contribution in [1.82, 2.24) is 24.7 Å². The molecule has 0 unspecified atom stereocenters. The lowest BCUT2D eigenvalue weighted by atomic mass is 10.2. The van der Waals surface area contributed by atoms with Crippen LogP contribution in [-0.4, -0.2) is 25.3 Å². The molecule has 108 valence electrons. The Bertz CT molecular complexity index is 774. The molecule has 3 heterocycles. The molecule has 3 aromatic heterocycles. The fourth-order valence-electron chi connectivity index (χ4n) is 2.23. The highest BCUT2D eigenvalue weighted by Crippen LogP contribution is 2.22. The van der Waals surface area contributed by atoms with E-state index in [4.69, 9.17) is 0 Å². The molecule has 0 aliphatic rings. The van der Waals surface area contributed by atoms with Crippen molar-refractivity contribution in [2.45, 2.75) is 26.8 Å². The van der Waals surface area contributed by atoms with Gasteiger partial charge in [-0.05, 0) is 26.8 Å². The standard InChI is InChI=1S/C14H15N5OS/c1-8(12-9(2)21-10(3)17-12)16-13(20)11-7-19-6-4-5-15-14(19)18-11/h4-8H,1-3H3,(H,16,20)/t8-/m1/s1. The monoisotopic (exact) mass is 301 g/mol. The maximum atomic E-state index is 12.3. The molecule has 0 bridgehead atoms. The lowest BCUT2D eigenvalue weighted by Crippen LogP contribution is -2.27. The second-order valence-electron chi connectivity index (χ2n) is 4.82. The fourth-order valence-corrected chi connectivity index (χ4v) is 3.14. The number of nitrogens with one attached hydrogen (secondary N) is 1. The van der Waals surface area contributed by atoms with Gasteiger partial charge in [-0.15, -0.1) is 11.3 Å². The molecule has 3 rings (SSSR count). The van der Waals surface area contributed by atoms with E-state index in [0.29, 0.717) is 11.5 Å². The highest BCUT2D eigenvalue weighted by atomic mass is 32.1. The Morgan fingerprint density at radius 3 is 2.86 bits per heavy atom. The van der Waals surface area contributed by atoms with Gasteiger partial charge in [-0.25, -0.2) is 15.0 Å². The zero-order valence-corrected chi connectivity index (χ0v) is 12.8. The molecule has 0 spiro atoms. The summed E-state index contributed by atoms with van der Waals surface area (Å²) in [7, 11) is 0. The molecule has 7 heteroatoms. The Kier molecular flexibility index (Phi) is 3.42. The van der Waals surface area contributed by atoms with Crippen molar-refractivity contribution in [1.29, 1.82) is 0 Å². The van der Waals surface area contributed by atoms with Gasteiger partial charge in [-0.2, -0.15) is 0 Å². The van der Waals surface area contributed by atoms with Crippen LogP contribution in [0.2, 0.25) is 0 Å².